The quantitative estimate of drug-likeness (QED) is 0.665. The predicted molar refractivity (Wildman–Crippen MR) is 111 cm³/mol. The molecule has 2 aliphatic rings. The highest BCUT2D eigenvalue weighted by molar-refractivity contribution is 6.30. The Morgan fingerprint density at radius 1 is 1.25 bits per heavy atom. The average Bonchev–Trinajstić information content (AvgIpc) is 3.17. The van der Waals surface area contributed by atoms with Crippen LogP contribution in [0.5, 0.6) is 0 Å². The number of hydrogen-bond acceptors (Lipinski definition) is 4. The zero-order valence-corrected chi connectivity index (χ0v) is 17.4. The number of aryl methyl sites for hydroxylation is 1. The first-order chi connectivity index (χ1) is 16.4. The summed E-state index contributed by atoms with van der Waals surface area (Å²) in [4.78, 5) is 50.2. The third kappa shape index (κ3) is 4.14. The maximum Gasteiger partial charge on any atom is 0.330 e. The normalized spacial score (nSPS) is 23.5. The highest BCUT2D eigenvalue weighted by Crippen LogP contribution is 2.32. The number of halogens is 3. The Kier molecular flexibility index (Phi) is 4.86. The molecule has 3 amide bonds. The van der Waals surface area contributed by atoms with Crippen LogP contribution in [0.3, 0.4) is 0 Å². The Bertz CT molecular complexity index is 1240. The highest BCUT2D eigenvalue weighted by atomic mass is 35.5. The summed E-state index contributed by atoms with van der Waals surface area (Å²) in [6.45, 7) is -0.194. The smallest absolute Gasteiger partial charge is 0.322 e. The fourth-order valence-corrected chi connectivity index (χ4v) is 3.79. The molecule has 0 aromatic heterocycles. The van der Waals surface area contributed by atoms with Gasteiger partial charge in [-0.15, -0.1) is 0 Å². The van der Waals surface area contributed by atoms with Crippen LogP contribution < -0.4 is 5.31 Å². The molecule has 32 heavy (non-hydrogen) atoms. The molecule has 6 nitrogen and oxygen atoms in total. The first-order valence-electron chi connectivity index (χ1n) is 11.3. The summed E-state index contributed by atoms with van der Waals surface area (Å²) < 4.78 is 53.5. The predicted octanol–water partition coefficient (Wildman–Crippen LogP) is 3.39. The van der Waals surface area contributed by atoms with Gasteiger partial charge in [0.25, 0.3) is 5.91 Å². The summed E-state index contributed by atoms with van der Waals surface area (Å²) >= 11 is 5.71. The van der Waals surface area contributed by atoms with E-state index in [4.69, 9.17) is 15.8 Å². The average molecular weight is 464 g/mol. The van der Waals surface area contributed by atoms with Crippen LogP contribution in [0, 0.1) is 0 Å². The number of piperidine rings is 1. The molecule has 9 heteroatoms. The van der Waals surface area contributed by atoms with Gasteiger partial charge in [-0.1, -0.05) is 35.9 Å². The number of Topliss-reactive ketones (excluding diaryl/α,β-unsaturated/α-hetero) is 1. The highest BCUT2D eigenvalue weighted by Gasteiger charge is 2.41. The molecule has 2 atom stereocenters. The molecule has 166 valence electrons. The van der Waals surface area contributed by atoms with E-state index in [1.807, 2.05) is 0 Å². The van der Waals surface area contributed by atoms with Gasteiger partial charge >= 0.3 is 5.92 Å². The minimum absolute atomic E-state index is 0.0878. The van der Waals surface area contributed by atoms with Crippen molar-refractivity contribution in [1.82, 2.24) is 10.2 Å². The number of carbonyl (C=O) groups is 4. The van der Waals surface area contributed by atoms with Crippen molar-refractivity contribution in [3.8, 4) is 0 Å². The fourth-order valence-electron chi connectivity index (χ4n) is 3.66. The fraction of sp³-hybridized carbons (Fsp3) is 0.304. The van der Waals surface area contributed by atoms with Gasteiger partial charge in [0.05, 0.1) is 1.37 Å². The zero-order valence-electron chi connectivity index (χ0n) is 19.6. The van der Waals surface area contributed by atoms with E-state index in [1.54, 1.807) is 0 Å². The van der Waals surface area contributed by atoms with Crippen LogP contribution in [-0.2, 0) is 33.2 Å². The van der Waals surface area contributed by atoms with Crippen molar-refractivity contribution < 1.29 is 32.1 Å². The molecule has 1 saturated heterocycles. The standard InChI is InChI=1S/C23H19ClF2N2O4/c24-16-5-3-15(4-6-16)23(25,26)19(29)9-2-13-1-7-17-14(11-13)12-28(22(17)32)18-8-10-20(30)27-21(18)31/h1,3-7,11,18H,2,8-10,12H2,(H,27,30,31)/t18-/m1/s1/i2D,18D/hD/t2?,18-. The molecule has 1 fully saturated rings. The summed E-state index contributed by atoms with van der Waals surface area (Å²) in [5, 5.41) is 0.327. The lowest BCUT2D eigenvalue weighted by Gasteiger charge is -2.29. The number of nitrogens with zero attached hydrogens (tertiary/aromatic N) is 1. The molecule has 2 aromatic carbocycles. The summed E-state index contributed by atoms with van der Waals surface area (Å²) in [5.41, 5.74) is 0.195. The zero-order chi connectivity index (χ0) is 25.7. The van der Waals surface area contributed by atoms with Crippen molar-refractivity contribution in [1.29, 1.82) is 0 Å². The van der Waals surface area contributed by atoms with Gasteiger partial charge in [0.1, 0.15) is 6.02 Å². The molecule has 0 radical (unpaired) electrons. The lowest BCUT2D eigenvalue weighted by Crippen LogP contribution is -2.52. The number of ketones is 1. The summed E-state index contributed by atoms with van der Waals surface area (Å²) in [5.74, 6) is -7.81. The number of imide groups is 1. The van der Waals surface area contributed by atoms with Gasteiger partial charge in [0.15, 0.2) is 1.41 Å². The molecule has 2 aliphatic heterocycles. The van der Waals surface area contributed by atoms with Crippen molar-refractivity contribution in [2.24, 2.45) is 0 Å². The second-order valence-electron chi connectivity index (χ2n) is 7.48. The molecule has 0 saturated carbocycles. The first-order valence-corrected chi connectivity index (χ1v) is 10.1. The summed E-state index contributed by atoms with van der Waals surface area (Å²) in [6.07, 6.45) is -2.65. The van der Waals surface area contributed by atoms with E-state index >= 15 is 0 Å². The van der Waals surface area contributed by atoms with E-state index in [-0.39, 0.29) is 40.8 Å². The van der Waals surface area contributed by atoms with Crippen LogP contribution in [0.15, 0.2) is 42.5 Å². The van der Waals surface area contributed by atoms with Gasteiger partial charge in [-0.05, 0) is 42.1 Å². The van der Waals surface area contributed by atoms with E-state index in [2.05, 4.69) is 0 Å². The van der Waals surface area contributed by atoms with E-state index in [1.165, 1.54) is 30.3 Å². The van der Waals surface area contributed by atoms with E-state index in [9.17, 15) is 28.0 Å². The molecule has 0 spiro atoms. The summed E-state index contributed by atoms with van der Waals surface area (Å²) in [7, 11) is 0. The Balaban J connectivity index is 1.52. The van der Waals surface area contributed by atoms with Crippen LogP contribution >= 0.6 is 11.6 Å². The lowest BCUT2D eigenvalue weighted by atomic mass is 9.97. The molecular weight excluding hydrogens is 442 g/mol. The van der Waals surface area contributed by atoms with Gasteiger partial charge in [0, 0.05) is 36.9 Å². The van der Waals surface area contributed by atoms with Crippen LogP contribution in [0.4, 0.5) is 8.78 Å². The Labute approximate surface area is 191 Å². The number of hydrogen-bond donors (Lipinski definition) is 1. The maximum atomic E-state index is 14.6. The van der Waals surface area contributed by atoms with Crippen LogP contribution in [-0.4, -0.2) is 34.4 Å². The third-order valence-corrected chi connectivity index (χ3v) is 5.64. The Hall–Kier alpha value is -3.13. The third-order valence-electron chi connectivity index (χ3n) is 5.39. The first kappa shape index (κ1) is 18.4. The van der Waals surface area contributed by atoms with Crippen molar-refractivity contribution in [2.75, 3.05) is 0 Å². The monoisotopic (exact) mass is 463 g/mol. The number of amides is 3. The molecule has 1 N–H and O–H groups in total. The Morgan fingerprint density at radius 2 is 1.97 bits per heavy atom. The van der Waals surface area contributed by atoms with Crippen LogP contribution in [0.1, 0.15) is 49.1 Å². The van der Waals surface area contributed by atoms with Crippen molar-refractivity contribution in [2.45, 2.75) is 44.1 Å². The molecule has 0 bridgehead atoms. The number of benzene rings is 2. The molecular formula is C23H19ClF2N2O4. The molecule has 1 unspecified atom stereocenters. The number of carbonyl (C=O) groups excluding carboxylic acids is 4. The van der Waals surface area contributed by atoms with Crippen molar-refractivity contribution in [3.05, 3.63) is 69.7 Å². The molecule has 2 heterocycles. The minimum atomic E-state index is -3.81. The number of rotatable bonds is 6. The minimum Gasteiger partial charge on any atom is -0.322 e. The molecule has 2 aromatic rings. The van der Waals surface area contributed by atoms with E-state index in [0.717, 1.165) is 17.0 Å². The topological polar surface area (TPSA) is 83.6 Å². The van der Waals surface area contributed by atoms with Gasteiger partial charge in [0.2, 0.25) is 17.6 Å². The second kappa shape index (κ2) is 8.43. The molecule has 4 rings (SSSR count). The number of nitrogens with one attached hydrogen (secondary N) is 1. The number of fused-ring (bicyclic) bond motifs is 1. The van der Waals surface area contributed by atoms with Crippen molar-refractivity contribution >= 4 is 35.1 Å². The Morgan fingerprint density at radius 3 is 2.69 bits per heavy atom. The largest absolute Gasteiger partial charge is 0.330 e. The van der Waals surface area contributed by atoms with Crippen LogP contribution in [0.25, 0.3) is 0 Å². The van der Waals surface area contributed by atoms with Gasteiger partial charge in [-0.25, -0.2) is 0 Å². The molecule has 0 aliphatic carbocycles. The van der Waals surface area contributed by atoms with Gasteiger partial charge in [-0.2, -0.15) is 8.78 Å². The van der Waals surface area contributed by atoms with E-state index in [0.29, 0.717) is 5.56 Å². The second-order valence-corrected chi connectivity index (χ2v) is 7.91. The van der Waals surface area contributed by atoms with Gasteiger partial charge < -0.3 is 4.90 Å². The van der Waals surface area contributed by atoms with Crippen LogP contribution in [0.2, 0.25) is 6.43 Å². The van der Waals surface area contributed by atoms with Crippen molar-refractivity contribution in [3.63, 3.8) is 0 Å². The van der Waals surface area contributed by atoms with E-state index < -0.39 is 53.8 Å². The number of alkyl halides is 2. The SMILES string of the molecule is [2H]C(CC(=O)C(F)(F)c1ccc(Cl)cc1)c1ccc2c(c1)CN([C@]1([2H])CCC(=O)N([2H])C1=O)C2=O. The maximum absolute atomic E-state index is 14.6. The lowest BCUT2D eigenvalue weighted by molar-refractivity contribution is -0.144. The summed E-state index contributed by atoms with van der Waals surface area (Å²) in [6, 6.07) is 6.58. The van der Waals surface area contributed by atoms with Gasteiger partial charge in [-0.3, -0.25) is 24.5 Å².